The first-order valence-corrected chi connectivity index (χ1v) is 8.27. The first-order chi connectivity index (χ1) is 11.6. The largest absolute Gasteiger partial charge is 0.362 e. The Morgan fingerprint density at radius 3 is 2.79 bits per heavy atom. The van der Waals surface area contributed by atoms with E-state index in [0.29, 0.717) is 10.7 Å². The quantitative estimate of drug-likeness (QED) is 0.698. The molecule has 2 aromatic rings. The van der Waals surface area contributed by atoms with Gasteiger partial charge in [-0.05, 0) is 60.5 Å². The lowest BCUT2D eigenvalue weighted by Crippen LogP contribution is -2.06. The van der Waals surface area contributed by atoms with Crippen LogP contribution in [0.1, 0.15) is 17.5 Å². The molecule has 0 saturated heterocycles. The lowest BCUT2D eigenvalue weighted by molar-refractivity contribution is 1.04. The van der Waals surface area contributed by atoms with Crippen LogP contribution in [0.25, 0.3) is 11.1 Å². The standard InChI is InChI=1S/C21H19ClN2/c1-15-6-4-10-19(21(15)16-7-5-8-17(22)14-16)20(23)12-11-18-9-2-3-13-24-18/h3-14,23-24H,2H2,1H3/b12-11-,23-20?. The molecule has 120 valence electrons. The Balaban J connectivity index is 1.96. The Morgan fingerprint density at radius 1 is 1.21 bits per heavy atom. The number of allylic oxidation sites excluding steroid dienone is 4. The molecule has 1 heterocycles. The highest BCUT2D eigenvalue weighted by Gasteiger charge is 2.11. The molecule has 0 aromatic heterocycles. The first-order valence-electron chi connectivity index (χ1n) is 7.89. The van der Waals surface area contributed by atoms with Gasteiger partial charge in [0, 0.05) is 16.3 Å². The van der Waals surface area contributed by atoms with E-state index in [4.69, 9.17) is 17.0 Å². The van der Waals surface area contributed by atoms with Crippen LogP contribution in [-0.4, -0.2) is 5.71 Å². The van der Waals surface area contributed by atoms with E-state index < -0.39 is 0 Å². The van der Waals surface area contributed by atoms with Crippen LogP contribution >= 0.6 is 11.6 Å². The van der Waals surface area contributed by atoms with Gasteiger partial charge >= 0.3 is 0 Å². The van der Waals surface area contributed by atoms with E-state index in [0.717, 1.165) is 34.4 Å². The third-order valence-electron chi connectivity index (χ3n) is 3.95. The zero-order valence-electron chi connectivity index (χ0n) is 13.5. The van der Waals surface area contributed by atoms with Crippen molar-refractivity contribution < 1.29 is 0 Å². The van der Waals surface area contributed by atoms with Gasteiger partial charge in [0.15, 0.2) is 0 Å². The molecule has 1 aliphatic rings. The van der Waals surface area contributed by atoms with Crippen LogP contribution < -0.4 is 5.32 Å². The molecule has 1 aliphatic heterocycles. The number of dihydropyridines is 1. The minimum atomic E-state index is 0.478. The topological polar surface area (TPSA) is 35.9 Å². The Kier molecular flexibility index (Phi) is 4.97. The molecule has 3 heteroatoms. The van der Waals surface area contributed by atoms with Crippen LogP contribution in [0.15, 0.2) is 78.7 Å². The summed E-state index contributed by atoms with van der Waals surface area (Å²) >= 11 is 6.15. The van der Waals surface area contributed by atoms with Gasteiger partial charge in [0.05, 0.1) is 5.71 Å². The highest BCUT2D eigenvalue weighted by atomic mass is 35.5. The van der Waals surface area contributed by atoms with Crippen LogP contribution in [0, 0.1) is 12.3 Å². The van der Waals surface area contributed by atoms with E-state index in [2.05, 4.69) is 30.5 Å². The van der Waals surface area contributed by atoms with Crippen molar-refractivity contribution in [2.45, 2.75) is 13.3 Å². The summed E-state index contributed by atoms with van der Waals surface area (Å²) in [6.45, 7) is 2.06. The van der Waals surface area contributed by atoms with E-state index in [1.54, 1.807) is 0 Å². The maximum atomic E-state index is 8.50. The third-order valence-corrected chi connectivity index (χ3v) is 4.18. The molecule has 2 nitrogen and oxygen atoms in total. The molecule has 0 aliphatic carbocycles. The van der Waals surface area contributed by atoms with Crippen molar-refractivity contribution in [3.63, 3.8) is 0 Å². The second kappa shape index (κ2) is 7.33. The van der Waals surface area contributed by atoms with Crippen molar-refractivity contribution in [3.05, 3.63) is 94.8 Å². The van der Waals surface area contributed by atoms with Crippen LogP contribution in [0.4, 0.5) is 0 Å². The maximum Gasteiger partial charge on any atom is 0.0619 e. The van der Waals surface area contributed by atoms with Gasteiger partial charge in [0.2, 0.25) is 0 Å². The van der Waals surface area contributed by atoms with Gasteiger partial charge in [0.25, 0.3) is 0 Å². The molecule has 0 saturated carbocycles. The summed E-state index contributed by atoms with van der Waals surface area (Å²) in [6, 6.07) is 13.8. The minimum absolute atomic E-state index is 0.478. The van der Waals surface area contributed by atoms with E-state index in [-0.39, 0.29) is 0 Å². The molecule has 0 fully saturated rings. The lowest BCUT2D eigenvalue weighted by Gasteiger charge is -2.13. The monoisotopic (exact) mass is 334 g/mol. The van der Waals surface area contributed by atoms with E-state index in [9.17, 15) is 0 Å². The molecule has 0 spiro atoms. The summed E-state index contributed by atoms with van der Waals surface area (Å²) in [5.41, 5.74) is 5.61. The number of rotatable bonds is 4. The fourth-order valence-corrected chi connectivity index (χ4v) is 2.97. The fourth-order valence-electron chi connectivity index (χ4n) is 2.78. The zero-order chi connectivity index (χ0) is 16.9. The van der Waals surface area contributed by atoms with Crippen LogP contribution in [0.5, 0.6) is 0 Å². The number of nitrogens with one attached hydrogen (secondary N) is 2. The van der Waals surface area contributed by atoms with E-state index in [1.807, 2.05) is 54.8 Å². The molecule has 0 radical (unpaired) electrons. The van der Waals surface area contributed by atoms with Crippen molar-refractivity contribution >= 4 is 17.3 Å². The van der Waals surface area contributed by atoms with Gasteiger partial charge in [-0.3, -0.25) is 0 Å². The second-order valence-electron chi connectivity index (χ2n) is 5.70. The number of hydrogen-bond donors (Lipinski definition) is 2. The van der Waals surface area contributed by atoms with Gasteiger partial charge in [0.1, 0.15) is 0 Å². The SMILES string of the molecule is Cc1cccc(C(=N)/C=C\C2=CCC=CN2)c1-c1cccc(Cl)c1. The van der Waals surface area contributed by atoms with Crippen LogP contribution in [0.2, 0.25) is 5.02 Å². The summed E-state index contributed by atoms with van der Waals surface area (Å²) < 4.78 is 0. The third kappa shape index (κ3) is 3.66. The molecular formula is C21H19ClN2. The average Bonchev–Trinajstić information content (AvgIpc) is 2.60. The predicted molar refractivity (Wildman–Crippen MR) is 103 cm³/mol. The number of benzene rings is 2. The summed E-state index contributed by atoms with van der Waals surface area (Å²) in [5.74, 6) is 0. The second-order valence-corrected chi connectivity index (χ2v) is 6.13. The van der Waals surface area contributed by atoms with Crippen molar-refractivity contribution in [2.75, 3.05) is 0 Å². The molecule has 2 aromatic carbocycles. The van der Waals surface area contributed by atoms with Gasteiger partial charge in [-0.2, -0.15) is 0 Å². The normalized spacial score (nSPS) is 13.7. The number of hydrogen-bond acceptors (Lipinski definition) is 2. The Hall–Kier alpha value is -2.58. The molecule has 0 bridgehead atoms. The van der Waals surface area contributed by atoms with Gasteiger partial charge < -0.3 is 10.7 Å². The van der Waals surface area contributed by atoms with E-state index >= 15 is 0 Å². The van der Waals surface area contributed by atoms with Crippen molar-refractivity contribution in [3.8, 4) is 11.1 Å². The van der Waals surface area contributed by atoms with Crippen molar-refractivity contribution in [1.82, 2.24) is 5.32 Å². The summed E-state index contributed by atoms with van der Waals surface area (Å²) in [4.78, 5) is 0. The summed E-state index contributed by atoms with van der Waals surface area (Å²) in [5, 5.41) is 12.4. The minimum Gasteiger partial charge on any atom is -0.362 e. The smallest absolute Gasteiger partial charge is 0.0619 e. The first kappa shape index (κ1) is 16.3. The van der Waals surface area contributed by atoms with Gasteiger partial charge in [-0.25, -0.2) is 0 Å². The molecule has 2 N–H and O–H groups in total. The molecule has 24 heavy (non-hydrogen) atoms. The Morgan fingerprint density at radius 2 is 2.04 bits per heavy atom. The molecule has 0 atom stereocenters. The summed E-state index contributed by atoms with van der Waals surface area (Å²) in [6.07, 6.45) is 10.8. The lowest BCUT2D eigenvalue weighted by atomic mass is 9.92. The molecular weight excluding hydrogens is 316 g/mol. The molecule has 3 rings (SSSR count). The predicted octanol–water partition coefficient (Wildman–Crippen LogP) is 5.63. The molecule has 0 amide bonds. The summed E-state index contributed by atoms with van der Waals surface area (Å²) in [7, 11) is 0. The zero-order valence-corrected chi connectivity index (χ0v) is 14.3. The van der Waals surface area contributed by atoms with Crippen molar-refractivity contribution in [1.29, 1.82) is 5.41 Å². The number of aryl methyl sites for hydroxylation is 1. The Labute approximate surface area is 147 Å². The number of halogens is 1. The highest BCUT2D eigenvalue weighted by Crippen LogP contribution is 2.30. The highest BCUT2D eigenvalue weighted by molar-refractivity contribution is 6.31. The Bertz CT molecular complexity index is 860. The fraction of sp³-hybridized carbons (Fsp3) is 0.0952. The van der Waals surface area contributed by atoms with E-state index in [1.165, 1.54) is 0 Å². The van der Waals surface area contributed by atoms with Crippen LogP contribution in [-0.2, 0) is 0 Å². The average molecular weight is 335 g/mol. The van der Waals surface area contributed by atoms with Crippen molar-refractivity contribution in [2.24, 2.45) is 0 Å². The molecule has 0 unspecified atom stereocenters. The van der Waals surface area contributed by atoms with Gasteiger partial charge in [-0.1, -0.05) is 54.1 Å². The van der Waals surface area contributed by atoms with Crippen LogP contribution in [0.3, 0.4) is 0 Å². The van der Waals surface area contributed by atoms with Gasteiger partial charge in [-0.15, -0.1) is 0 Å². The maximum absolute atomic E-state index is 8.50.